The third-order valence-electron chi connectivity index (χ3n) is 2.41. The van der Waals surface area contributed by atoms with E-state index in [0.29, 0.717) is 13.0 Å². The van der Waals surface area contributed by atoms with E-state index in [1.807, 2.05) is 26.0 Å². The monoisotopic (exact) mass is 298 g/mol. The fourth-order valence-electron chi connectivity index (χ4n) is 1.43. The molecule has 0 heterocycles. The Balaban J connectivity index is 2.30. The summed E-state index contributed by atoms with van der Waals surface area (Å²) in [5, 5.41) is 6.09. The van der Waals surface area contributed by atoms with Crippen molar-refractivity contribution in [1.29, 1.82) is 0 Å². The minimum Gasteiger partial charge on any atom is -0.385 e. The molecule has 0 bridgehead atoms. The van der Waals surface area contributed by atoms with E-state index in [0.717, 1.165) is 23.1 Å². The summed E-state index contributed by atoms with van der Waals surface area (Å²) in [6.07, 6.45) is 1.49. The number of hydrogen-bond acceptors (Lipinski definition) is 2. The van der Waals surface area contributed by atoms with Crippen molar-refractivity contribution in [3.63, 3.8) is 0 Å². The topological polar surface area (TPSA) is 41.1 Å². The second-order valence-electron chi connectivity index (χ2n) is 3.99. The number of amides is 1. The highest BCUT2D eigenvalue weighted by atomic mass is 79.9. The van der Waals surface area contributed by atoms with Crippen LogP contribution < -0.4 is 10.6 Å². The first-order chi connectivity index (χ1) is 8.13. The van der Waals surface area contributed by atoms with Crippen LogP contribution in [0, 0.1) is 6.92 Å². The van der Waals surface area contributed by atoms with E-state index in [2.05, 4.69) is 32.6 Å². The Hall–Kier alpha value is -1.03. The lowest BCUT2D eigenvalue weighted by Crippen LogP contribution is -2.25. The molecule has 0 aromatic heterocycles. The molecule has 0 aliphatic carbocycles. The standard InChI is InChI=1S/C13H19BrN2O/c1-3-7-16-13(17)6-8-15-11-4-5-12(14)10(2)9-11/h4-5,9,15H,3,6-8H2,1-2H3,(H,16,17). The maximum Gasteiger partial charge on any atom is 0.221 e. The Bertz CT molecular complexity index is 380. The summed E-state index contributed by atoms with van der Waals surface area (Å²) >= 11 is 3.46. The first-order valence-electron chi connectivity index (χ1n) is 5.90. The Kier molecular flexibility index (Phi) is 6.05. The zero-order valence-corrected chi connectivity index (χ0v) is 11.9. The van der Waals surface area contributed by atoms with Crippen LogP contribution in [0.3, 0.4) is 0 Å². The quantitative estimate of drug-likeness (QED) is 0.847. The van der Waals surface area contributed by atoms with E-state index in [4.69, 9.17) is 0 Å². The molecule has 2 N–H and O–H groups in total. The second-order valence-corrected chi connectivity index (χ2v) is 4.85. The van der Waals surface area contributed by atoms with Gasteiger partial charge in [-0.1, -0.05) is 22.9 Å². The van der Waals surface area contributed by atoms with Crippen LogP contribution in [-0.4, -0.2) is 19.0 Å². The van der Waals surface area contributed by atoms with E-state index in [-0.39, 0.29) is 5.91 Å². The Morgan fingerprint density at radius 3 is 2.76 bits per heavy atom. The molecule has 1 aromatic carbocycles. The predicted octanol–water partition coefficient (Wildman–Crippen LogP) is 3.09. The van der Waals surface area contributed by atoms with Gasteiger partial charge in [0, 0.05) is 29.7 Å². The molecule has 0 atom stereocenters. The van der Waals surface area contributed by atoms with Crippen molar-refractivity contribution in [2.75, 3.05) is 18.4 Å². The molecule has 1 amide bonds. The van der Waals surface area contributed by atoms with Gasteiger partial charge in [-0.3, -0.25) is 4.79 Å². The van der Waals surface area contributed by atoms with Crippen molar-refractivity contribution in [3.05, 3.63) is 28.2 Å². The van der Waals surface area contributed by atoms with Gasteiger partial charge >= 0.3 is 0 Å². The van der Waals surface area contributed by atoms with Gasteiger partial charge in [0.05, 0.1) is 0 Å². The van der Waals surface area contributed by atoms with Gasteiger partial charge in [-0.05, 0) is 37.1 Å². The van der Waals surface area contributed by atoms with Crippen molar-refractivity contribution in [1.82, 2.24) is 5.32 Å². The van der Waals surface area contributed by atoms with Crippen molar-refractivity contribution < 1.29 is 4.79 Å². The highest BCUT2D eigenvalue weighted by Gasteiger charge is 2.00. The van der Waals surface area contributed by atoms with E-state index < -0.39 is 0 Å². The van der Waals surface area contributed by atoms with E-state index in [9.17, 15) is 4.79 Å². The molecule has 3 nitrogen and oxygen atoms in total. The minimum atomic E-state index is 0.105. The van der Waals surface area contributed by atoms with Gasteiger partial charge in [-0.2, -0.15) is 0 Å². The molecule has 0 aliphatic heterocycles. The van der Waals surface area contributed by atoms with Crippen LogP contribution in [0.1, 0.15) is 25.3 Å². The predicted molar refractivity (Wildman–Crippen MR) is 75.3 cm³/mol. The second kappa shape index (κ2) is 7.33. The summed E-state index contributed by atoms with van der Waals surface area (Å²) in [6, 6.07) is 6.07. The zero-order valence-electron chi connectivity index (χ0n) is 10.3. The molecule has 0 radical (unpaired) electrons. The van der Waals surface area contributed by atoms with Crippen LogP contribution in [0.2, 0.25) is 0 Å². The molecule has 4 heteroatoms. The maximum atomic E-state index is 11.4. The fraction of sp³-hybridized carbons (Fsp3) is 0.462. The van der Waals surface area contributed by atoms with Gasteiger partial charge in [-0.15, -0.1) is 0 Å². The Morgan fingerprint density at radius 2 is 2.12 bits per heavy atom. The van der Waals surface area contributed by atoms with Gasteiger partial charge in [0.2, 0.25) is 5.91 Å². The van der Waals surface area contributed by atoms with Crippen LogP contribution >= 0.6 is 15.9 Å². The summed E-state index contributed by atoms with van der Waals surface area (Å²) in [7, 11) is 0. The molecule has 0 saturated heterocycles. The number of anilines is 1. The smallest absolute Gasteiger partial charge is 0.221 e. The summed E-state index contributed by atoms with van der Waals surface area (Å²) in [5.41, 5.74) is 2.24. The average Bonchev–Trinajstić information content (AvgIpc) is 2.31. The van der Waals surface area contributed by atoms with Crippen LogP contribution in [-0.2, 0) is 4.79 Å². The molecule has 0 aliphatic rings. The number of hydrogen-bond donors (Lipinski definition) is 2. The summed E-state index contributed by atoms with van der Waals surface area (Å²) in [6.45, 7) is 5.51. The number of benzene rings is 1. The summed E-state index contributed by atoms with van der Waals surface area (Å²) in [5.74, 6) is 0.105. The van der Waals surface area contributed by atoms with Crippen LogP contribution in [0.4, 0.5) is 5.69 Å². The molecule has 1 rings (SSSR count). The number of carbonyl (C=O) groups excluding carboxylic acids is 1. The molecular formula is C13H19BrN2O. The van der Waals surface area contributed by atoms with Gasteiger partial charge in [-0.25, -0.2) is 0 Å². The lowest BCUT2D eigenvalue weighted by Gasteiger charge is -2.08. The minimum absolute atomic E-state index is 0.105. The SMILES string of the molecule is CCCNC(=O)CCNc1ccc(Br)c(C)c1. The highest BCUT2D eigenvalue weighted by molar-refractivity contribution is 9.10. The molecule has 0 fully saturated rings. The third kappa shape index (κ3) is 5.22. The largest absolute Gasteiger partial charge is 0.385 e. The first kappa shape index (κ1) is 14.0. The lowest BCUT2D eigenvalue weighted by molar-refractivity contribution is -0.120. The van der Waals surface area contributed by atoms with Crippen molar-refractivity contribution in [2.24, 2.45) is 0 Å². The normalized spacial score (nSPS) is 10.1. The first-order valence-corrected chi connectivity index (χ1v) is 6.69. The van der Waals surface area contributed by atoms with Crippen molar-refractivity contribution >= 4 is 27.5 Å². The molecule has 94 valence electrons. The van der Waals surface area contributed by atoms with Gasteiger partial charge < -0.3 is 10.6 Å². The zero-order chi connectivity index (χ0) is 12.7. The molecule has 0 saturated carbocycles. The third-order valence-corrected chi connectivity index (χ3v) is 3.30. The van der Waals surface area contributed by atoms with Crippen molar-refractivity contribution in [3.8, 4) is 0 Å². The number of halogens is 1. The van der Waals surface area contributed by atoms with E-state index >= 15 is 0 Å². The number of aryl methyl sites for hydroxylation is 1. The van der Waals surface area contributed by atoms with Gasteiger partial charge in [0.25, 0.3) is 0 Å². The highest BCUT2D eigenvalue weighted by Crippen LogP contribution is 2.19. The van der Waals surface area contributed by atoms with Gasteiger partial charge in [0.1, 0.15) is 0 Å². The van der Waals surface area contributed by atoms with Gasteiger partial charge in [0.15, 0.2) is 0 Å². The number of rotatable bonds is 6. The summed E-state index contributed by atoms with van der Waals surface area (Å²) in [4.78, 5) is 11.4. The van der Waals surface area contributed by atoms with Crippen LogP contribution in [0.5, 0.6) is 0 Å². The Labute approximate surface area is 111 Å². The molecule has 17 heavy (non-hydrogen) atoms. The average molecular weight is 299 g/mol. The molecular weight excluding hydrogens is 280 g/mol. The maximum absolute atomic E-state index is 11.4. The van der Waals surface area contributed by atoms with E-state index in [1.165, 1.54) is 5.56 Å². The van der Waals surface area contributed by atoms with E-state index in [1.54, 1.807) is 0 Å². The van der Waals surface area contributed by atoms with Crippen molar-refractivity contribution in [2.45, 2.75) is 26.7 Å². The van der Waals surface area contributed by atoms with Crippen LogP contribution in [0.15, 0.2) is 22.7 Å². The molecule has 0 spiro atoms. The number of nitrogens with one attached hydrogen (secondary N) is 2. The van der Waals surface area contributed by atoms with Crippen LogP contribution in [0.25, 0.3) is 0 Å². The lowest BCUT2D eigenvalue weighted by atomic mass is 10.2. The molecule has 0 unspecified atom stereocenters. The Morgan fingerprint density at radius 1 is 1.35 bits per heavy atom. The fourth-order valence-corrected chi connectivity index (χ4v) is 1.67. The number of carbonyl (C=O) groups is 1. The summed E-state index contributed by atoms with van der Waals surface area (Å²) < 4.78 is 1.10. The molecule has 1 aromatic rings.